The first-order chi connectivity index (χ1) is 41.6. The highest BCUT2D eigenvalue weighted by Crippen LogP contribution is 2.44. The van der Waals surface area contributed by atoms with E-state index in [1.165, 1.54) is 70.0 Å². The van der Waals surface area contributed by atoms with E-state index in [-0.39, 0.29) is 76.7 Å². The van der Waals surface area contributed by atoms with Crippen molar-refractivity contribution in [1.82, 2.24) is 46.7 Å². The Balaban J connectivity index is 0. The Bertz CT molecular complexity index is 2490. The summed E-state index contributed by atoms with van der Waals surface area (Å²) in [5, 5.41) is 27.3. The Kier molecular flexibility index (Phi) is 47.4. The van der Waals surface area contributed by atoms with E-state index in [9.17, 15) is 48.5 Å². The van der Waals surface area contributed by atoms with Gasteiger partial charge < -0.3 is 52.2 Å². The first-order valence-electron chi connectivity index (χ1n) is 30.3. The van der Waals surface area contributed by atoms with Gasteiger partial charge >= 0.3 is 29.8 Å². The molecule has 1 aliphatic rings. The number of ether oxygens (including phenoxy) is 1. The van der Waals surface area contributed by atoms with Crippen LogP contribution in [0, 0.1) is 22.0 Å². The molecule has 0 aliphatic heterocycles. The smallest absolute Gasteiger partial charge is 0.315 e. The molecule has 1 heterocycles. The lowest BCUT2D eigenvalue weighted by Crippen LogP contribution is -2.47. The van der Waals surface area contributed by atoms with Crippen LogP contribution in [0.5, 0.6) is 0 Å². The first kappa shape index (κ1) is 83.9. The third-order valence-electron chi connectivity index (χ3n) is 12.8. The number of nitrogens with zero attached hydrogens (tertiary/aromatic N) is 4. The van der Waals surface area contributed by atoms with Crippen LogP contribution in [0.15, 0.2) is 71.9 Å². The van der Waals surface area contributed by atoms with Crippen LogP contribution in [-0.4, -0.2) is 169 Å². The van der Waals surface area contributed by atoms with Crippen molar-refractivity contribution < 1.29 is 48.0 Å². The van der Waals surface area contributed by atoms with Crippen LogP contribution in [0.25, 0.3) is 11.1 Å². The zero-order valence-corrected chi connectivity index (χ0v) is 57.6. The zero-order valence-electron chi connectivity index (χ0n) is 55.1. The molecule has 0 bridgehead atoms. The monoisotopic (exact) mass is 1290 g/mol. The third kappa shape index (κ3) is 37.7. The van der Waals surface area contributed by atoms with Gasteiger partial charge in [-0.1, -0.05) is 121 Å². The molecule has 0 radical (unpaired) electrons. The maximum atomic E-state index is 11.8. The number of esters is 1. The summed E-state index contributed by atoms with van der Waals surface area (Å²) in [5.41, 5.74) is 10.3. The molecule has 0 saturated heterocycles. The number of hydrogen-bond acceptors (Lipinski definition) is 18. The maximum absolute atomic E-state index is 11.8. The molecular weight excluding hydrogens is 1180 g/mol. The van der Waals surface area contributed by atoms with E-state index in [0.29, 0.717) is 44.2 Å². The number of rotatable bonds is 31. The van der Waals surface area contributed by atoms with Gasteiger partial charge in [0, 0.05) is 88.4 Å². The van der Waals surface area contributed by atoms with Crippen LogP contribution in [-0.2, 0) is 28.7 Å². The van der Waals surface area contributed by atoms with Crippen LogP contribution >= 0.6 is 34.2 Å². The van der Waals surface area contributed by atoms with Crippen molar-refractivity contribution in [3.05, 3.63) is 88.1 Å². The number of nitro groups is 1. The summed E-state index contributed by atoms with van der Waals surface area (Å²) in [5.74, 6) is 1.66. The molecule has 0 unspecified atom stereocenters. The predicted molar refractivity (Wildman–Crippen MR) is 361 cm³/mol. The molecule has 0 spiro atoms. The second kappa shape index (κ2) is 49.7. The molecule has 22 nitrogen and oxygen atoms in total. The van der Waals surface area contributed by atoms with E-state index in [0.717, 1.165) is 56.8 Å². The summed E-state index contributed by atoms with van der Waals surface area (Å²) in [4.78, 5) is 109. The number of unbranched alkanes of at least 4 members (excludes halogenated alkanes) is 2. The van der Waals surface area contributed by atoms with Crippen LogP contribution in [0.3, 0.4) is 0 Å². The van der Waals surface area contributed by atoms with Crippen molar-refractivity contribution in [3.63, 3.8) is 0 Å². The molecule has 25 heteroatoms. The van der Waals surface area contributed by atoms with Gasteiger partial charge in [0.15, 0.2) is 28.2 Å². The molecule has 4 rings (SSSR count). The SMILES string of the molecule is CC.CC(=O)OCC1c2ccccc2-c2ccccc21.CC(=O)[C@@H](C)NC(=O)NCCCCCS.CC(C)C(=O)[C@@H](C)N.CC(C)C(=O)[C@@H](C)NC(=O)NCCN(C)CCSSc1ncccc1[N+](=O)[O-].CCCN(C)CCNC(=O)N[C@H](C)C(=O)CC. The lowest BCUT2D eigenvalue weighted by atomic mass is 9.98. The second-order valence-electron chi connectivity index (χ2n) is 21.1. The molecular formula is C63H105N11O11S3. The van der Waals surface area contributed by atoms with Crippen molar-refractivity contribution in [2.45, 2.75) is 164 Å². The summed E-state index contributed by atoms with van der Waals surface area (Å²) in [6.07, 6.45) is 6.16. The number of pyridine rings is 1. The summed E-state index contributed by atoms with van der Waals surface area (Å²) in [6.45, 7) is 30.2. The largest absolute Gasteiger partial charge is 0.465 e. The lowest BCUT2D eigenvalue weighted by Gasteiger charge is -2.18. The van der Waals surface area contributed by atoms with Crippen molar-refractivity contribution >= 4 is 87.1 Å². The fourth-order valence-corrected chi connectivity index (χ4v) is 10.1. The Morgan fingerprint density at radius 2 is 1.16 bits per heavy atom. The molecule has 88 heavy (non-hydrogen) atoms. The summed E-state index contributed by atoms with van der Waals surface area (Å²) >= 11 is 4.09. The van der Waals surface area contributed by atoms with Crippen molar-refractivity contribution in [2.24, 2.45) is 17.6 Å². The lowest BCUT2D eigenvalue weighted by molar-refractivity contribution is -0.388. The molecule has 8 N–H and O–H groups in total. The number of urea groups is 3. The number of hydrogen-bond donors (Lipinski definition) is 8. The van der Waals surface area contributed by atoms with Crippen molar-refractivity contribution in [2.75, 3.05) is 78.0 Å². The fraction of sp³-hybridized carbons (Fsp3) is 0.603. The number of amides is 6. The van der Waals surface area contributed by atoms with Gasteiger partial charge in [0.25, 0.3) is 0 Å². The average molecular weight is 1290 g/mol. The van der Waals surface area contributed by atoms with E-state index in [1.807, 2.05) is 71.0 Å². The Morgan fingerprint density at radius 3 is 1.60 bits per heavy atom. The summed E-state index contributed by atoms with van der Waals surface area (Å²) < 4.78 is 5.20. The van der Waals surface area contributed by atoms with Crippen LogP contribution in [0.2, 0.25) is 0 Å². The number of nitrogens with two attached hydrogens (primary N) is 1. The number of ketones is 4. The second-order valence-corrected chi connectivity index (χ2v) is 24.0. The fourth-order valence-electron chi connectivity index (χ4n) is 7.79. The van der Waals surface area contributed by atoms with Crippen molar-refractivity contribution in [3.8, 4) is 11.1 Å². The molecule has 6 amide bonds. The van der Waals surface area contributed by atoms with E-state index in [2.05, 4.69) is 85.6 Å². The normalized spacial score (nSPS) is 12.2. The highest BCUT2D eigenvalue weighted by Gasteiger charge is 2.29. The van der Waals surface area contributed by atoms with E-state index >= 15 is 0 Å². The number of aromatic nitrogens is 1. The van der Waals surface area contributed by atoms with Gasteiger partial charge in [0.1, 0.15) is 6.61 Å². The summed E-state index contributed by atoms with van der Waals surface area (Å²) in [6, 6.07) is 17.1. The number of likely N-dealkylation sites (N-methyl/N-ethyl adjacent to an activating group) is 2. The molecule has 0 saturated carbocycles. The molecule has 1 aromatic heterocycles. The maximum Gasteiger partial charge on any atom is 0.315 e. The van der Waals surface area contributed by atoms with Gasteiger partial charge in [-0.2, -0.15) is 12.6 Å². The number of thiol groups is 1. The van der Waals surface area contributed by atoms with Crippen LogP contribution < -0.4 is 37.6 Å². The van der Waals surface area contributed by atoms with Crippen molar-refractivity contribution in [1.29, 1.82) is 0 Å². The standard InChI is InChI=1S/C17H27N5O4S2.C16H14O2.C12H25N3O2.C10H20N2O2S.C6H13NO.C2H6/c1-12(2)15(23)13(3)20-17(24)19-8-9-21(4)10-11-27-28-16-14(22(25)26)6-5-7-18-16;1-11(17)18-10-16-14-8-4-2-6-12(14)13-7-3-5-9-15(13)16;1-5-8-15(4)9-7-13-12(17)14-10(3)11(16)6-2;1-8(9(2)13)12-10(14)11-6-4-3-5-7-15;1-4(2)6(8)5(3)7;1-2/h5-7,12-13H,8-11H2,1-4H3,(H2,19,20,24);2-9,16H,10H2,1H3;10H,5-9H2,1-4H3,(H2,13,14,17);8,15H,3-7H2,1-2H3,(H2,11,12,14);4-5H,7H2,1-3H3;1-2H3/t13-;;10-;8-;5-;/m1.111./s1. The van der Waals surface area contributed by atoms with Crippen LogP contribution in [0.4, 0.5) is 20.1 Å². The highest BCUT2D eigenvalue weighted by molar-refractivity contribution is 8.76. The number of fused-ring (bicyclic) bond motifs is 3. The molecule has 4 atom stereocenters. The molecule has 1 aliphatic carbocycles. The Hall–Kier alpha value is -6.12. The Labute approximate surface area is 538 Å². The van der Waals surface area contributed by atoms with Crippen LogP contribution in [0.1, 0.15) is 146 Å². The van der Waals surface area contributed by atoms with E-state index < -0.39 is 23.0 Å². The van der Waals surface area contributed by atoms with Gasteiger partial charge in [-0.25, -0.2) is 19.4 Å². The third-order valence-corrected chi connectivity index (χ3v) is 15.4. The average Bonchev–Trinajstić information content (AvgIpc) is 2.99. The minimum absolute atomic E-state index is 0.00469. The number of benzene rings is 2. The van der Waals surface area contributed by atoms with Gasteiger partial charge in [-0.3, -0.25) is 34.1 Å². The molecule has 496 valence electrons. The molecule has 2 aromatic carbocycles. The van der Waals surface area contributed by atoms with E-state index in [1.54, 1.807) is 54.5 Å². The Morgan fingerprint density at radius 1 is 0.670 bits per heavy atom. The van der Waals surface area contributed by atoms with Gasteiger partial charge in [0.05, 0.1) is 29.1 Å². The zero-order chi connectivity index (χ0) is 67.3. The van der Waals surface area contributed by atoms with Gasteiger partial charge in [-0.15, -0.1) is 0 Å². The molecule has 0 fully saturated rings. The number of carbonyl (C=O) groups is 8. The van der Waals surface area contributed by atoms with Gasteiger partial charge in [0.2, 0.25) is 0 Å². The number of nitrogens with one attached hydrogen (secondary N) is 6. The quantitative estimate of drug-likeness (QED) is 0.00742. The predicted octanol–water partition coefficient (Wildman–Crippen LogP) is 9.88. The van der Waals surface area contributed by atoms with Gasteiger partial charge in [-0.05, 0) is 119 Å². The number of Topliss-reactive ketones (excluding diaryl/α,β-unsaturated/α-hetero) is 4. The van der Waals surface area contributed by atoms with E-state index in [4.69, 9.17) is 10.5 Å². The minimum Gasteiger partial charge on any atom is -0.465 e. The first-order valence-corrected chi connectivity index (χ1v) is 33.3. The highest BCUT2D eigenvalue weighted by atomic mass is 33.1. The number of carbonyl (C=O) groups excluding carboxylic acids is 8. The molecule has 3 aromatic rings. The minimum atomic E-state index is -0.512. The summed E-state index contributed by atoms with van der Waals surface area (Å²) in [7, 11) is 6.72. The topological polar surface area (TPSA) is 306 Å².